The second-order valence-electron chi connectivity index (χ2n) is 2.40. The predicted octanol–water partition coefficient (Wildman–Crippen LogP) is 0.315. The molecule has 5 nitrogen and oxygen atoms in total. The van der Waals surface area contributed by atoms with Crippen molar-refractivity contribution in [2.45, 2.75) is 0 Å². The molecule has 1 aromatic carbocycles. The van der Waals surface area contributed by atoms with Crippen LogP contribution >= 0.6 is 0 Å². The van der Waals surface area contributed by atoms with Crippen LogP contribution in [0, 0.1) is 0 Å². The van der Waals surface area contributed by atoms with Gasteiger partial charge in [0, 0.05) is 6.07 Å². The average Bonchev–Trinajstić information content (AvgIpc) is 2.44. The Morgan fingerprint density at radius 1 is 1.54 bits per heavy atom. The summed E-state index contributed by atoms with van der Waals surface area (Å²) >= 11 is 0. The monoisotopic (exact) mass is 177 g/mol. The molecule has 0 aliphatic carbocycles. The maximum atomic E-state index is 8.38. The molecule has 1 radical (unpaired) electrons. The van der Waals surface area contributed by atoms with Crippen LogP contribution in [0.15, 0.2) is 22.6 Å². The Hall–Kier alpha value is -1.69. The number of aromatic nitrogens is 1. The third-order valence-electron chi connectivity index (χ3n) is 1.56. The van der Waals surface area contributed by atoms with E-state index in [0.29, 0.717) is 24.5 Å². The van der Waals surface area contributed by atoms with E-state index in [9.17, 15) is 0 Å². The summed E-state index contributed by atoms with van der Waals surface area (Å²) in [7, 11) is 0.602. The molecule has 65 valence electrons. The Morgan fingerprint density at radius 2 is 2.38 bits per heavy atom. The van der Waals surface area contributed by atoms with Crippen LogP contribution in [0.3, 0.4) is 0 Å². The van der Waals surface area contributed by atoms with Crippen molar-refractivity contribution >= 4 is 24.8 Å². The zero-order valence-corrected chi connectivity index (χ0v) is 6.60. The minimum atomic E-state index is 0.111. The number of oxazole rings is 1. The minimum absolute atomic E-state index is 0.111. The fraction of sp³-hybridized carbons (Fsp3) is 0. The number of fused-ring (bicyclic) bond motifs is 1. The van der Waals surface area contributed by atoms with Crippen molar-refractivity contribution in [3.63, 3.8) is 0 Å². The lowest BCUT2D eigenvalue weighted by molar-refractivity contribution is 0.454. The smallest absolute Gasteiger partial charge is 0.537 e. The van der Waals surface area contributed by atoms with Crippen LogP contribution in [0.25, 0.3) is 11.1 Å². The van der Waals surface area contributed by atoms with Crippen molar-refractivity contribution in [2.24, 2.45) is 0 Å². The van der Waals surface area contributed by atoms with Gasteiger partial charge in [-0.25, -0.2) is 0 Å². The molecule has 0 amide bonds. The molecule has 6 heteroatoms. The van der Waals surface area contributed by atoms with E-state index in [4.69, 9.17) is 19.8 Å². The molecule has 13 heavy (non-hydrogen) atoms. The zero-order chi connectivity index (χ0) is 9.26. The van der Waals surface area contributed by atoms with Crippen molar-refractivity contribution < 1.29 is 14.1 Å². The maximum absolute atomic E-state index is 8.38. The quantitative estimate of drug-likeness (QED) is 0.645. The van der Waals surface area contributed by atoms with Crippen molar-refractivity contribution in [2.75, 3.05) is 5.73 Å². The summed E-state index contributed by atoms with van der Waals surface area (Å²) in [4.78, 5) is 3.89. The fourth-order valence-corrected chi connectivity index (χ4v) is 1.06. The number of benzene rings is 1. The number of nitrogens with two attached hydrogens (primary N) is 1. The van der Waals surface area contributed by atoms with E-state index in [1.165, 1.54) is 0 Å². The lowest BCUT2D eigenvalue weighted by Crippen LogP contribution is -1.99. The highest BCUT2D eigenvalue weighted by Gasteiger charge is 2.03. The first-order chi connectivity index (χ1) is 6.29. The SMILES string of the molecule is Nc1nc2cc(O[B]O)ccc2o1. The van der Waals surface area contributed by atoms with E-state index in [0.717, 1.165) is 0 Å². The normalized spacial score (nSPS) is 10.2. The van der Waals surface area contributed by atoms with Gasteiger partial charge in [0.2, 0.25) is 0 Å². The first-order valence-electron chi connectivity index (χ1n) is 3.58. The molecule has 0 fully saturated rings. The van der Waals surface area contributed by atoms with Crippen molar-refractivity contribution in [1.29, 1.82) is 0 Å². The summed E-state index contributed by atoms with van der Waals surface area (Å²) in [5.41, 5.74) is 6.52. The van der Waals surface area contributed by atoms with Crippen molar-refractivity contribution in [1.82, 2.24) is 4.98 Å². The van der Waals surface area contributed by atoms with Gasteiger partial charge >= 0.3 is 7.69 Å². The molecule has 1 aromatic heterocycles. The van der Waals surface area contributed by atoms with Crippen LogP contribution in [-0.2, 0) is 0 Å². The summed E-state index contributed by atoms with van der Waals surface area (Å²) in [6.45, 7) is 0. The summed E-state index contributed by atoms with van der Waals surface area (Å²) in [5.74, 6) is 0.475. The van der Waals surface area contributed by atoms with E-state index in [-0.39, 0.29) is 6.01 Å². The van der Waals surface area contributed by atoms with Crippen molar-refractivity contribution in [3.05, 3.63) is 18.2 Å². The summed E-state index contributed by atoms with van der Waals surface area (Å²) in [5, 5.41) is 8.38. The predicted molar refractivity (Wildman–Crippen MR) is 47.0 cm³/mol. The molecule has 0 saturated heterocycles. The molecule has 0 atom stereocenters. The van der Waals surface area contributed by atoms with Gasteiger partial charge in [-0.2, -0.15) is 4.98 Å². The van der Waals surface area contributed by atoms with Crippen LogP contribution in [-0.4, -0.2) is 17.7 Å². The molecule has 0 unspecified atom stereocenters. The van der Waals surface area contributed by atoms with Gasteiger partial charge in [0.05, 0.1) is 0 Å². The summed E-state index contributed by atoms with van der Waals surface area (Å²) < 4.78 is 9.77. The second-order valence-corrected chi connectivity index (χ2v) is 2.40. The van der Waals surface area contributed by atoms with Crippen LogP contribution in [0.1, 0.15) is 0 Å². The van der Waals surface area contributed by atoms with E-state index >= 15 is 0 Å². The molecule has 0 bridgehead atoms. The Bertz CT molecular complexity index is 429. The van der Waals surface area contributed by atoms with Gasteiger partial charge < -0.3 is 19.8 Å². The molecule has 1 heterocycles. The maximum Gasteiger partial charge on any atom is 0.569 e. The number of rotatable bonds is 2. The van der Waals surface area contributed by atoms with E-state index < -0.39 is 0 Å². The minimum Gasteiger partial charge on any atom is -0.537 e. The number of nitrogen functional groups attached to an aromatic ring is 1. The van der Waals surface area contributed by atoms with Crippen molar-refractivity contribution in [3.8, 4) is 5.75 Å². The van der Waals surface area contributed by atoms with E-state index in [2.05, 4.69) is 4.98 Å². The van der Waals surface area contributed by atoms with Crippen LogP contribution < -0.4 is 10.4 Å². The molecule has 0 aliphatic rings. The second kappa shape index (κ2) is 2.99. The first-order valence-corrected chi connectivity index (χ1v) is 3.58. The van der Waals surface area contributed by atoms with Crippen LogP contribution in [0.4, 0.5) is 6.01 Å². The summed E-state index contributed by atoms with van der Waals surface area (Å²) in [6.07, 6.45) is 0. The Balaban J connectivity index is 2.48. The number of hydrogen-bond donors (Lipinski definition) is 2. The van der Waals surface area contributed by atoms with Gasteiger partial charge in [0.25, 0.3) is 6.01 Å². The molecule has 2 aromatic rings. The van der Waals surface area contributed by atoms with Gasteiger partial charge in [-0.3, -0.25) is 0 Å². The topological polar surface area (TPSA) is 81.5 Å². The Morgan fingerprint density at radius 3 is 3.15 bits per heavy atom. The third kappa shape index (κ3) is 1.43. The van der Waals surface area contributed by atoms with Crippen LogP contribution in [0.5, 0.6) is 5.75 Å². The average molecular weight is 177 g/mol. The fourth-order valence-electron chi connectivity index (χ4n) is 1.06. The van der Waals surface area contributed by atoms with Gasteiger partial charge in [-0.05, 0) is 12.1 Å². The Kier molecular flexibility index (Phi) is 1.82. The number of hydrogen-bond acceptors (Lipinski definition) is 5. The van der Waals surface area contributed by atoms with Gasteiger partial charge in [0.15, 0.2) is 5.58 Å². The lowest BCUT2D eigenvalue weighted by atomic mass is 10.3. The Labute approximate surface area is 74.4 Å². The highest BCUT2D eigenvalue weighted by molar-refractivity contribution is 6.17. The lowest BCUT2D eigenvalue weighted by Gasteiger charge is -1.98. The third-order valence-corrected chi connectivity index (χ3v) is 1.56. The molecular weight excluding hydrogens is 171 g/mol. The highest BCUT2D eigenvalue weighted by Crippen LogP contribution is 2.21. The standard InChI is InChI=1S/C7H6BN2O3/c9-7-10-5-3-4(13-8-11)1-2-6(5)12-7/h1-3,11H,(H2,9,10). The van der Waals surface area contributed by atoms with Gasteiger partial charge in [-0.15, -0.1) is 0 Å². The first kappa shape index (κ1) is 7.94. The zero-order valence-electron chi connectivity index (χ0n) is 6.60. The van der Waals surface area contributed by atoms with Gasteiger partial charge in [0.1, 0.15) is 11.3 Å². The van der Waals surface area contributed by atoms with Crippen LogP contribution in [0.2, 0.25) is 0 Å². The molecular formula is C7H6BN2O3. The molecule has 3 N–H and O–H groups in total. The van der Waals surface area contributed by atoms with E-state index in [1.54, 1.807) is 18.2 Å². The number of nitrogens with zero attached hydrogens (tertiary/aromatic N) is 1. The largest absolute Gasteiger partial charge is 0.569 e. The molecule has 0 spiro atoms. The molecule has 2 rings (SSSR count). The number of anilines is 1. The van der Waals surface area contributed by atoms with Gasteiger partial charge in [-0.1, -0.05) is 0 Å². The highest BCUT2D eigenvalue weighted by atomic mass is 16.5. The molecule has 0 aliphatic heterocycles. The van der Waals surface area contributed by atoms with E-state index in [1.807, 2.05) is 0 Å². The molecule has 0 saturated carbocycles. The summed E-state index contributed by atoms with van der Waals surface area (Å²) in [6, 6.07) is 5.03.